The van der Waals surface area contributed by atoms with E-state index in [9.17, 15) is 27.6 Å². The van der Waals surface area contributed by atoms with E-state index in [-0.39, 0.29) is 11.3 Å². The van der Waals surface area contributed by atoms with Crippen LogP contribution >= 0.6 is 0 Å². The van der Waals surface area contributed by atoms with Crippen molar-refractivity contribution in [1.82, 2.24) is 10.2 Å². The molecule has 2 aromatic carbocycles. The Morgan fingerprint density at radius 1 is 1.11 bits per heavy atom. The molecule has 1 aliphatic heterocycles. The van der Waals surface area contributed by atoms with Gasteiger partial charge in [-0.1, -0.05) is 6.07 Å². The minimum Gasteiger partial charge on any atom is -0.494 e. The molecule has 0 radical (unpaired) electrons. The van der Waals surface area contributed by atoms with E-state index in [0.29, 0.717) is 11.0 Å². The first kappa shape index (κ1) is 19.4. The maximum absolute atomic E-state index is 14.0. The van der Waals surface area contributed by atoms with Crippen molar-refractivity contribution >= 4 is 17.7 Å². The molecule has 1 aliphatic rings. The second kappa shape index (κ2) is 6.99. The Labute approximate surface area is 157 Å². The number of hydrogen-bond acceptors (Lipinski definition) is 4. The maximum Gasteiger partial charge on any atom is 0.325 e. The lowest BCUT2D eigenvalue weighted by atomic mass is 9.91. The second-order valence-corrected chi connectivity index (χ2v) is 6.34. The Bertz CT molecular complexity index is 995. The van der Waals surface area contributed by atoms with E-state index < -0.39 is 52.8 Å². The zero-order valence-corrected chi connectivity index (χ0v) is 14.9. The van der Waals surface area contributed by atoms with Crippen molar-refractivity contribution in [3.8, 4) is 5.75 Å². The number of halogens is 3. The second-order valence-electron chi connectivity index (χ2n) is 6.34. The zero-order chi connectivity index (χ0) is 20.6. The topological polar surface area (TPSA) is 75.7 Å². The van der Waals surface area contributed by atoms with Gasteiger partial charge in [0.15, 0.2) is 17.3 Å². The summed E-state index contributed by atoms with van der Waals surface area (Å²) in [6, 6.07) is 5.23. The fourth-order valence-corrected chi connectivity index (χ4v) is 2.96. The van der Waals surface area contributed by atoms with Crippen LogP contribution in [-0.4, -0.2) is 36.3 Å². The number of carbonyl (C=O) groups excluding carboxylic acids is 3. The Kier molecular flexibility index (Phi) is 4.84. The summed E-state index contributed by atoms with van der Waals surface area (Å²) in [5, 5.41) is 2.42. The van der Waals surface area contributed by atoms with Crippen LogP contribution in [0.2, 0.25) is 0 Å². The third-order valence-corrected chi connectivity index (χ3v) is 4.54. The van der Waals surface area contributed by atoms with Crippen LogP contribution in [0.4, 0.5) is 18.0 Å². The minimum absolute atomic E-state index is 0.0389. The van der Waals surface area contributed by atoms with Crippen LogP contribution < -0.4 is 10.1 Å². The maximum atomic E-state index is 14.0. The zero-order valence-electron chi connectivity index (χ0n) is 14.9. The molecular weight excluding hydrogens is 377 g/mol. The minimum atomic E-state index is -1.62. The molecule has 146 valence electrons. The molecule has 1 unspecified atom stereocenters. The molecule has 6 nitrogen and oxygen atoms in total. The van der Waals surface area contributed by atoms with Crippen LogP contribution in [0.15, 0.2) is 36.4 Å². The highest BCUT2D eigenvalue weighted by Gasteiger charge is 2.49. The van der Waals surface area contributed by atoms with Gasteiger partial charge in [0.05, 0.1) is 19.2 Å². The number of urea groups is 1. The highest BCUT2D eigenvalue weighted by molar-refractivity contribution is 6.11. The predicted molar refractivity (Wildman–Crippen MR) is 91.2 cm³/mol. The van der Waals surface area contributed by atoms with Gasteiger partial charge in [0.1, 0.15) is 17.2 Å². The van der Waals surface area contributed by atoms with E-state index in [1.54, 1.807) is 0 Å². The molecule has 0 bridgehead atoms. The van der Waals surface area contributed by atoms with E-state index in [2.05, 4.69) is 5.32 Å². The van der Waals surface area contributed by atoms with Gasteiger partial charge in [-0.25, -0.2) is 18.0 Å². The van der Waals surface area contributed by atoms with Crippen molar-refractivity contribution in [1.29, 1.82) is 0 Å². The number of carbonyl (C=O) groups is 3. The van der Waals surface area contributed by atoms with Crippen LogP contribution in [0.25, 0.3) is 0 Å². The van der Waals surface area contributed by atoms with Gasteiger partial charge >= 0.3 is 6.03 Å². The largest absolute Gasteiger partial charge is 0.494 e. The van der Waals surface area contributed by atoms with Gasteiger partial charge in [-0.2, -0.15) is 0 Å². The monoisotopic (exact) mass is 392 g/mol. The summed E-state index contributed by atoms with van der Waals surface area (Å²) < 4.78 is 45.6. The van der Waals surface area contributed by atoms with Crippen LogP contribution in [0.1, 0.15) is 22.8 Å². The molecule has 3 rings (SSSR count). The van der Waals surface area contributed by atoms with Crippen molar-refractivity contribution < 1.29 is 32.3 Å². The average molecular weight is 392 g/mol. The first-order chi connectivity index (χ1) is 13.2. The first-order valence-corrected chi connectivity index (χ1v) is 8.13. The lowest BCUT2D eigenvalue weighted by molar-refractivity contribution is -0.130. The number of nitrogens with zero attached hydrogens (tertiary/aromatic N) is 1. The number of methoxy groups -OCH3 is 1. The molecule has 1 N–H and O–H groups in total. The van der Waals surface area contributed by atoms with Crippen LogP contribution in [0.3, 0.4) is 0 Å². The van der Waals surface area contributed by atoms with Crippen molar-refractivity contribution in [3.63, 3.8) is 0 Å². The van der Waals surface area contributed by atoms with Crippen molar-refractivity contribution in [3.05, 3.63) is 65.0 Å². The van der Waals surface area contributed by atoms with E-state index >= 15 is 0 Å². The molecule has 28 heavy (non-hydrogen) atoms. The molecule has 1 fully saturated rings. The number of hydrogen-bond donors (Lipinski definition) is 1. The van der Waals surface area contributed by atoms with Gasteiger partial charge < -0.3 is 10.1 Å². The van der Waals surface area contributed by atoms with Gasteiger partial charge in [-0.15, -0.1) is 0 Å². The molecule has 1 saturated heterocycles. The Morgan fingerprint density at radius 2 is 1.82 bits per heavy atom. The highest BCUT2D eigenvalue weighted by Crippen LogP contribution is 2.31. The van der Waals surface area contributed by atoms with E-state index in [1.807, 2.05) is 0 Å². The molecule has 2 aromatic rings. The summed E-state index contributed by atoms with van der Waals surface area (Å²) >= 11 is 0. The quantitative estimate of drug-likeness (QED) is 0.627. The first-order valence-electron chi connectivity index (χ1n) is 8.13. The van der Waals surface area contributed by atoms with Gasteiger partial charge in [0.25, 0.3) is 5.91 Å². The smallest absolute Gasteiger partial charge is 0.325 e. The fraction of sp³-hybridized carbons (Fsp3) is 0.211. The van der Waals surface area contributed by atoms with Crippen molar-refractivity contribution in [2.45, 2.75) is 12.5 Å². The summed E-state index contributed by atoms with van der Waals surface area (Å²) in [5.74, 6) is -4.42. The lowest BCUT2D eigenvalue weighted by Crippen LogP contribution is -2.41. The Hall–Kier alpha value is -3.36. The number of amides is 3. The number of ether oxygens (including phenoxy) is 1. The Balaban J connectivity index is 1.87. The van der Waals surface area contributed by atoms with Crippen LogP contribution in [0, 0.1) is 17.5 Å². The summed E-state index contributed by atoms with van der Waals surface area (Å²) in [5.41, 5.74) is -1.93. The third-order valence-electron chi connectivity index (χ3n) is 4.54. The summed E-state index contributed by atoms with van der Waals surface area (Å²) in [6.07, 6.45) is 0. The molecule has 0 saturated carbocycles. The summed E-state index contributed by atoms with van der Waals surface area (Å²) in [6.45, 7) is 0.610. The normalized spacial score (nSPS) is 19.0. The van der Waals surface area contributed by atoms with Gasteiger partial charge in [0.2, 0.25) is 0 Å². The number of imide groups is 1. The fourth-order valence-electron chi connectivity index (χ4n) is 2.96. The summed E-state index contributed by atoms with van der Waals surface area (Å²) in [4.78, 5) is 38.0. The van der Waals surface area contributed by atoms with Crippen molar-refractivity contribution in [2.24, 2.45) is 0 Å². The standard InChI is InChI=1S/C19H15F3N2O4/c1-19(10-3-6-16(28-2)14(22)7-10)17(26)24(18(27)23-19)9-15(25)12-5-4-11(20)8-13(12)21/h3-8H,9H2,1-2H3,(H,23,27). The third kappa shape index (κ3) is 3.19. The number of benzene rings is 2. The summed E-state index contributed by atoms with van der Waals surface area (Å²) in [7, 11) is 1.28. The number of ketones is 1. The lowest BCUT2D eigenvalue weighted by Gasteiger charge is -2.22. The molecule has 9 heteroatoms. The van der Waals surface area contributed by atoms with E-state index in [4.69, 9.17) is 4.74 Å². The Morgan fingerprint density at radius 3 is 2.43 bits per heavy atom. The van der Waals surface area contributed by atoms with Gasteiger partial charge in [0, 0.05) is 6.07 Å². The molecule has 0 spiro atoms. The molecule has 0 aliphatic carbocycles. The number of Topliss-reactive ketones (excluding diaryl/α,β-unsaturated/α-hetero) is 1. The number of nitrogens with one attached hydrogen (secondary N) is 1. The van der Waals surface area contributed by atoms with E-state index in [0.717, 1.165) is 18.2 Å². The van der Waals surface area contributed by atoms with Gasteiger partial charge in [-0.05, 0) is 36.8 Å². The average Bonchev–Trinajstić information content (AvgIpc) is 2.85. The van der Waals surface area contributed by atoms with Gasteiger partial charge in [-0.3, -0.25) is 14.5 Å². The van der Waals surface area contributed by atoms with Crippen LogP contribution in [0.5, 0.6) is 5.75 Å². The SMILES string of the molecule is COc1ccc(C2(C)NC(=O)N(CC(=O)c3ccc(F)cc3F)C2=O)cc1F. The molecule has 3 amide bonds. The van der Waals surface area contributed by atoms with Crippen LogP contribution in [-0.2, 0) is 10.3 Å². The number of rotatable bonds is 5. The molecular formula is C19H15F3N2O4. The van der Waals surface area contributed by atoms with E-state index in [1.165, 1.54) is 26.2 Å². The molecule has 0 aromatic heterocycles. The van der Waals surface area contributed by atoms with Crippen molar-refractivity contribution in [2.75, 3.05) is 13.7 Å². The highest BCUT2D eigenvalue weighted by atomic mass is 19.1. The molecule has 1 atom stereocenters. The predicted octanol–water partition coefficient (Wildman–Crippen LogP) is 2.76. The molecule has 1 heterocycles.